The summed E-state index contributed by atoms with van der Waals surface area (Å²) in [6.45, 7) is 1.54. The van der Waals surface area contributed by atoms with Crippen LogP contribution in [0.1, 0.15) is 34.6 Å². The SMILES string of the molecule is CC(O)c1[nH]nc2c(NC(=O)c3cc(-c4ncccn4)c(C(F)(F)F)cc3F)c(-c3ccccc3)ccc12. The molecule has 1 atom stereocenters. The van der Waals surface area contributed by atoms with Crippen LogP contribution in [-0.4, -0.2) is 31.2 Å². The third-order valence-electron chi connectivity index (χ3n) is 5.96. The number of fused-ring (bicyclic) bond motifs is 1. The van der Waals surface area contributed by atoms with Crippen molar-refractivity contribution < 1.29 is 27.5 Å². The van der Waals surface area contributed by atoms with Gasteiger partial charge in [-0.25, -0.2) is 14.4 Å². The van der Waals surface area contributed by atoms with Crippen molar-refractivity contribution in [1.82, 2.24) is 20.2 Å². The van der Waals surface area contributed by atoms with Crippen LogP contribution in [0.3, 0.4) is 0 Å². The first-order valence-corrected chi connectivity index (χ1v) is 11.4. The van der Waals surface area contributed by atoms with E-state index < -0.39 is 40.7 Å². The number of aliphatic hydroxyl groups is 1. The van der Waals surface area contributed by atoms with Gasteiger partial charge in [-0.05, 0) is 30.7 Å². The van der Waals surface area contributed by atoms with E-state index in [9.17, 15) is 23.1 Å². The maximum atomic E-state index is 15.0. The average molecular weight is 521 g/mol. The molecule has 7 nitrogen and oxygen atoms in total. The van der Waals surface area contributed by atoms with Crippen molar-refractivity contribution in [3.8, 4) is 22.5 Å². The number of benzene rings is 3. The number of carbonyl (C=O) groups is 1. The summed E-state index contributed by atoms with van der Waals surface area (Å²) in [4.78, 5) is 21.1. The maximum Gasteiger partial charge on any atom is 0.417 e. The van der Waals surface area contributed by atoms with E-state index in [2.05, 4.69) is 25.5 Å². The van der Waals surface area contributed by atoms with Crippen LogP contribution in [0.25, 0.3) is 33.4 Å². The number of H-pyrrole nitrogens is 1. The van der Waals surface area contributed by atoms with Crippen LogP contribution in [0.15, 0.2) is 73.1 Å². The summed E-state index contributed by atoms with van der Waals surface area (Å²) in [6, 6.07) is 14.9. The van der Waals surface area contributed by atoms with Crippen LogP contribution in [0.4, 0.5) is 23.2 Å². The van der Waals surface area contributed by atoms with Crippen LogP contribution in [-0.2, 0) is 6.18 Å². The topological polar surface area (TPSA) is 104 Å². The van der Waals surface area contributed by atoms with Gasteiger partial charge in [0.05, 0.1) is 28.6 Å². The van der Waals surface area contributed by atoms with Crippen molar-refractivity contribution in [3.05, 3.63) is 95.7 Å². The van der Waals surface area contributed by atoms with Gasteiger partial charge in [0.1, 0.15) is 11.3 Å². The third-order valence-corrected chi connectivity index (χ3v) is 5.96. The Morgan fingerprint density at radius 3 is 2.37 bits per heavy atom. The van der Waals surface area contributed by atoms with Gasteiger partial charge in [0.15, 0.2) is 5.82 Å². The van der Waals surface area contributed by atoms with Crippen molar-refractivity contribution in [2.75, 3.05) is 5.32 Å². The zero-order valence-electron chi connectivity index (χ0n) is 19.7. The Morgan fingerprint density at radius 1 is 1.00 bits per heavy atom. The van der Waals surface area contributed by atoms with Gasteiger partial charge < -0.3 is 10.4 Å². The Bertz CT molecular complexity index is 1630. The molecule has 1 unspecified atom stereocenters. The number of alkyl halides is 3. The highest BCUT2D eigenvalue weighted by molar-refractivity contribution is 6.12. The summed E-state index contributed by atoms with van der Waals surface area (Å²) in [7, 11) is 0. The van der Waals surface area contributed by atoms with Crippen LogP contribution < -0.4 is 5.32 Å². The van der Waals surface area contributed by atoms with Gasteiger partial charge in [0.2, 0.25) is 0 Å². The zero-order valence-corrected chi connectivity index (χ0v) is 19.7. The zero-order chi connectivity index (χ0) is 27.0. The Kier molecular flexibility index (Phi) is 6.37. The molecule has 11 heteroatoms. The molecule has 0 spiro atoms. The first kappa shape index (κ1) is 25.0. The predicted molar refractivity (Wildman–Crippen MR) is 133 cm³/mol. The Hall–Kier alpha value is -4.64. The summed E-state index contributed by atoms with van der Waals surface area (Å²) >= 11 is 0. The predicted octanol–water partition coefficient (Wildman–Crippen LogP) is 6.15. The average Bonchev–Trinajstić information content (AvgIpc) is 3.34. The van der Waals surface area contributed by atoms with E-state index in [0.717, 1.165) is 6.07 Å². The van der Waals surface area contributed by atoms with Crippen molar-refractivity contribution >= 4 is 22.5 Å². The standard InChI is InChI=1S/C27H19F4N5O2/c1-14(37)22-17-9-8-16(15-6-3-2-4-7-15)23(24(17)36-35-22)34-26(38)19-12-18(25-32-10-5-11-33-25)20(13-21(19)28)27(29,30)31/h2-14,37H,1H3,(H,34,38)(H,35,36). The monoisotopic (exact) mass is 521 g/mol. The number of carbonyl (C=O) groups excluding carboxylic acids is 1. The molecule has 0 radical (unpaired) electrons. The molecule has 5 rings (SSSR count). The Morgan fingerprint density at radius 2 is 1.71 bits per heavy atom. The lowest BCUT2D eigenvalue weighted by molar-refractivity contribution is -0.137. The maximum absolute atomic E-state index is 15.0. The second-order valence-corrected chi connectivity index (χ2v) is 8.47. The van der Waals surface area contributed by atoms with Gasteiger partial charge in [0, 0.05) is 28.9 Å². The first-order chi connectivity index (χ1) is 18.1. The number of rotatable bonds is 5. The lowest BCUT2D eigenvalue weighted by Crippen LogP contribution is -2.17. The largest absolute Gasteiger partial charge is 0.417 e. The summed E-state index contributed by atoms with van der Waals surface area (Å²) in [5.41, 5.74) is -0.358. The van der Waals surface area contributed by atoms with Gasteiger partial charge >= 0.3 is 6.18 Å². The minimum absolute atomic E-state index is 0.193. The highest BCUT2D eigenvalue weighted by Gasteiger charge is 2.36. The quantitative estimate of drug-likeness (QED) is 0.241. The molecule has 3 N–H and O–H groups in total. The van der Waals surface area contributed by atoms with Gasteiger partial charge in [-0.1, -0.05) is 42.5 Å². The second kappa shape index (κ2) is 9.67. The molecule has 5 aromatic rings. The van der Waals surface area contributed by atoms with Crippen molar-refractivity contribution in [2.45, 2.75) is 19.2 Å². The minimum Gasteiger partial charge on any atom is -0.387 e. The molecule has 0 fully saturated rings. The van der Waals surface area contributed by atoms with Gasteiger partial charge in [-0.15, -0.1) is 0 Å². The van der Waals surface area contributed by atoms with Gasteiger partial charge in [-0.3, -0.25) is 9.89 Å². The molecule has 0 aliphatic heterocycles. The number of amides is 1. The summed E-state index contributed by atoms with van der Waals surface area (Å²) in [5.74, 6) is -2.68. The fourth-order valence-corrected chi connectivity index (χ4v) is 4.19. The molecular formula is C27H19F4N5O2. The van der Waals surface area contributed by atoms with E-state index in [1.165, 1.54) is 18.5 Å². The summed E-state index contributed by atoms with van der Waals surface area (Å²) in [5, 5.41) is 20.2. The van der Waals surface area contributed by atoms with E-state index in [1.54, 1.807) is 43.3 Å². The number of anilines is 1. The van der Waals surface area contributed by atoms with Crippen molar-refractivity contribution in [2.24, 2.45) is 0 Å². The third kappa shape index (κ3) is 4.59. The molecule has 1 amide bonds. The summed E-state index contributed by atoms with van der Waals surface area (Å²) in [6.07, 6.45) is -3.32. The molecule has 0 saturated carbocycles. The van der Waals surface area contributed by atoms with Gasteiger partial charge in [0.25, 0.3) is 5.91 Å². The number of aromatic nitrogens is 4. The molecular weight excluding hydrogens is 502 g/mol. The minimum atomic E-state index is -4.91. The van der Waals surface area contributed by atoms with Crippen molar-refractivity contribution in [1.29, 1.82) is 0 Å². The lowest BCUT2D eigenvalue weighted by Gasteiger charge is -2.16. The van der Waals surface area contributed by atoms with Crippen molar-refractivity contribution in [3.63, 3.8) is 0 Å². The fourth-order valence-electron chi connectivity index (χ4n) is 4.19. The molecule has 0 saturated heterocycles. The van der Waals surface area contributed by atoms with E-state index in [-0.39, 0.29) is 23.1 Å². The normalized spacial score (nSPS) is 12.5. The fraction of sp³-hybridized carbons (Fsp3) is 0.111. The van der Waals surface area contributed by atoms with E-state index in [1.807, 2.05) is 6.07 Å². The molecule has 2 heterocycles. The molecule has 0 aliphatic carbocycles. The molecule has 0 aliphatic rings. The number of nitrogens with one attached hydrogen (secondary N) is 2. The Labute approximate surface area is 213 Å². The van der Waals surface area contributed by atoms with Crippen LogP contribution >= 0.6 is 0 Å². The second-order valence-electron chi connectivity index (χ2n) is 8.47. The highest BCUT2D eigenvalue weighted by Crippen LogP contribution is 2.39. The summed E-state index contributed by atoms with van der Waals surface area (Å²) < 4.78 is 56.2. The number of nitrogens with zero attached hydrogens (tertiary/aromatic N) is 3. The molecule has 3 aromatic carbocycles. The van der Waals surface area contributed by atoms with E-state index in [0.29, 0.717) is 22.2 Å². The number of aliphatic hydroxyl groups excluding tert-OH is 1. The van der Waals surface area contributed by atoms with E-state index in [4.69, 9.17) is 0 Å². The van der Waals surface area contributed by atoms with Crippen LogP contribution in [0.5, 0.6) is 0 Å². The first-order valence-electron chi connectivity index (χ1n) is 11.4. The van der Waals surface area contributed by atoms with E-state index >= 15 is 4.39 Å². The van der Waals surface area contributed by atoms with Crippen LogP contribution in [0, 0.1) is 5.82 Å². The van der Waals surface area contributed by atoms with Gasteiger partial charge in [-0.2, -0.15) is 18.3 Å². The molecule has 0 bridgehead atoms. The number of hydrogen-bond acceptors (Lipinski definition) is 5. The highest BCUT2D eigenvalue weighted by atomic mass is 19.4. The number of hydrogen-bond donors (Lipinski definition) is 3. The lowest BCUT2D eigenvalue weighted by atomic mass is 9.99. The van der Waals surface area contributed by atoms with Crippen LogP contribution in [0.2, 0.25) is 0 Å². The molecule has 2 aromatic heterocycles. The Balaban J connectivity index is 1.66. The smallest absolute Gasteiger partial charge is 0.387 e. The number of halogens is 4. The molecule has 192 valence electrons. The number of aromatic amines is 1. The molecule has 38 heavy (non-hydrogen) atoms.